The molecule has 86 valence electrons. The molecule has 1 saturated heterocycles. The Morgan fingerprint density at radius 2 is 2.20 bits per heavy atom. The van der Waals surface area contributed by atoms with Gasteiger partial charge in [-0.3, -0.25) is 4.79 Å². The van der Waals surface area contributed by atoms with Gasteiger partial charge in [-0.2, -0.15) is 0 Å². The minimum Gasteiger partial charge on any atom is -0.411 e. The van der Waals surface area contributed by atoms with Crippen LogP contribution in [0.15, 0.2) is 5.16 Å². The third-order valence-electron chi connectivity index (χ3n) is 2.57. The van der Waals surface area contributed by atoms with Crippen molar-refractivity contribution in [3.8, 4) is 0 Å². The summed E-state index contributed by atoms with van der Waals surface area (Å²) in [7, 11) is 1.63. The van der Waals surface area contributed by atoms with Gasteiger partial charge in [0.2, 0.25) is 5.91 Å². The molecule has 0 bridgehead atoms. The van der Waals surface area contributed by atoms with Gasteiger partial charge in [0.25, 0.3) is 0 Å². The fraction of sp³-hybridized carbons (Fsp3) is 0.800. The van der Waals surface area contributed by atoms with Gasteiger partial charge in [-0.15, -0.1) is 0 Å². The Balaban J connectivity index is 2.24. The fourth-order valence-corrected chi connectivity index (χ4v) is 1.64. The number of ether oxygens (including phenoxy) is 1. The summed E-state index contributed by atoms with van der Waals surface area (Å²) in [6.45, 7) is 1.97. The van der Waals surface area contributed by atoms with Crippen LogP contribution in [0.1, 0.15) is 25.7 Å². The number of piperidine rings is 1. The molecule has 1 rings (SSSR count). The third kappa shape index (κ3) is 3.87. The van der Waals surface area contributed by atoms with Crippen molar-refractivity contribution in [3.63, 3.8) is 0 Å². The van der Waals surface area contributed by atoms with Crippen molar-refractivity contribution >= 4 is 11.6 Å². The number of carbonyl (C=O) groups is 1. The van der Waals surface area contributed by atoms with Gasteiger partial charge in [0, 0.05) is 46.1 Å². The highest BCUT2D eigenvalue weighted by atomic mass is 16.5. The molecule has 0 spiro atoms. The van der Waals surface area contributed by atoms with Crippen molar-refractivity contribution < 1.29 is 14.7 Å². The number of methoxy groups -OCH3 is 1. The van der Waals surface area contributed by atoms with E-state index in [4.69, 9.17) is 9.94 Å². The molecule has 1 aliphatic heterocycles. The first-order valence-corrected chi connectivity index (χ1v) is 5.24. The van der Waals surface area contributed by atoms with Crippen LogP contribution in [0, 0.1) is 0 Å². The Morgan fingerprint density at radius 3 is 2.73 bits per heavy atom. The van der Waals surface area contributed by atoms with E-state index in [0.717, 1.165) is 12.1 Å². The van der Waals surface area contributed by atoms with Gasteiger partial charge in [-0.1, -0.05) is 5.16 Å². The molecule has 0 aromatic rings. The van der Waals surface area contributed by atoms with Crippen molar-refractivity contribution in [1.82, 2.24) is 4.90 Å². The first-order valence-electron chi connectivity index (χ1n) is 5.24. The third-order valence-corrected chi connectivity index (χ3v) is 2.57. The molecule has 1 amide bonds. The minimum absolute atomic E-state index is 0.170. The van der Waals surface area contributed by atoms with Crippen LogP contribution in [0.4, 0.5) is 0 Å². The van der Waals surface area contributed by atoms with Gasteiger partial charge in [-0.05, 0) is 6.42 Å². The Labute approximate surface area is 89.7 Å². The first kappa shape index (κ1) is 12.0. The molecule has 0 aliphatic carbocycles. The van der Waals surface area contributed by atoms with Crippen LogP contribution >= 0.6 is 0 Å². The molecule has 1 heterocycles. The molecule has 0 unspecified atom stereocenters. The summed E-state index contributed by atoms with van der Waals surface area (Å²) in [5, 5.41) is 11.7. The standard InChI is InChI=1S/C10H18N2O3/c1-15-8-2-3-10(13)12-6-4-9(11-14)5-7-12/h14H,2-8H2,1H3. The summed E-state index contributed by atoms with van der Waals surface area (Å²) >= 11 is 0. The number of oxime groups is 1. The van der Waals surface area contributed by atoms with E-state index >= 15 is 0 Å². The summed E-state index contributed by atoms with van der Waals surface area (Å²) in [4.78, 5) is 13.5. The van der Waals surface area contributed by atoms with E-state index in [1.54, 1.807) is 7.11 Å². The van der Waals surface area contributed by atoms with Crippen molar-refractivity contribution in [1.29, 1.82) is 0 Å². The maximum absolute atomic E-state index is 11.6. The van der Waals surface area contributed by atoms with Gasteiger partial charge in [0.15, 0.2) is 0 Å². The number of nitrogens with zero attached hydrogens (tertiary/aromatic N) is 2. The lowest BCUT2D eigenvalue weighted by atomic mass is 10.1. The van der Waals surface area contributed by atoms with Crippen molar-refractivity contribution in [2.24, 2.45) is 5.16 Å². The van der Waals surface area contributed by atoms with Gasteiger partial charge < -0.3 is 14.8 Å². The number of likely N-dealkylation sites (tertiary alicyclic amines) is 1. The zero-order valence-corrected chi connectivity index (χ0v) is 9.11. The summed E-state index contributed by atoms with van der Waals surface area (Å²) in [5.74, 6) is 0.170. The molecule has 0 saturated carbocycles. The first-order chi connectivity index (χ1) is 7.27. The maximum atomic E-state index is 11.6. The second kappa shape index (κ2) is 6.40. The predicted octanol–water partition coefficient (Wildman–Crippen LogP) is 0.866. The van der Waals surface area contributed by atoms with E-state index in [0.29, 0.717) is 39.0 Å². The summed E-state index contributed by atoms with van der Waals surface area (Å²) in [6.07, 6.45) is 2.69. The van der Waals surface area contributed by atoms with E-state index in [1.165, 1.54) is 0 Å². The molecule has 15 heavy (non-hydrogen) atoms. The molecule has 0 atom stereocenters. The Morgan fingerprint density at radius 1 is 1.53 bits per heavy atom. The Bertz CT molecular complexity index is 231. The van der Waals surface area contributed by atoms with Crippen LogP contribution < -0.4 is 0 Å². The molecule has 5 heteroatoms. The number of carbonyl (C=O) groups excluding carboxylic acids is 1. The average molecular weight is 214 g/mol. The maximum Gasteiger partial charge on any atom is 0.222 e. The quantitative estimate of drug-likeness (QED) is 0.429. The molecular formula is C10H18N2O3. The zero-order chi connectivity index (χ0) is 11.1. The normalized spacial score (nSPS) is 16.6. The van der Waals surface area contributed by atoms with Crippen molar-refractivity contribution in [3.05, 3.63) is 0 Å². The number of hydrogen-bond donors (Lipinski definition) is 1. The molecule has 0 aromatic heterocycles. The second-order valence-electron chi connectivity index (χ2n) is 3.64. The van der Waals surface area contributed by atoms with E-state index in [9.17, 15) is 4.79 Å². The summed E-state index contributed by atoms with van der Waals surface area (Å²) in [5.41, 5.74) is 0.788. The Kier molecular flexibility index (Phi) is 5.10. The predicted molar refractivity (Wildman–Crippen MR) is 56.1 cm³/mol. The number of rotatable bonds is 4. The smallest absolute Gasteiger partial charge is 0.222 e. The second-order valence-corrected chi connectivity index (χ2v) is 3.64. The molecule has 0 aromatic carbocycles. The van der Waals surface area contributed by atoms with Gasteiger partial charge >= 0.3 is 0 Å². The van der Waals surface area contributed by atoms with E-state index in [2.05, 4.69) is 5.16 Å². The van der Waals surface area contributed by atoms with Gasteiger partial charge in [-0.25, -0.2) is 0 Å². The molecule has 5 nitrogen and oxygen atoms in total. The SMILES string of the molecule is COCCCC(=O)N1CCC(=NO)CC1. The Hall–Kier alpha value is -1.10. The lowest BCUT2D eigenvalue weighted by Crippen LogP contribution is -2.38. The number of amides is 1. The van der Waals surface area contributed by atoms with Crippen LogP contribution in [0.25, 0.3) is 0 Å². The molecule has 1 N–H and O–H groups in total. The highest BCUT2D eigenvalue weighted by molar-refractivity contribution is 5.87. The van der Waals surface area contributed by atoms with Crippen LogP contribution in [0.3, 0.4) is 0 Å². The van der Waals surface area contributed by atoms with Crippen molar-refractivity contribution in [2.45, 2.75) is 25.7 Å². The van der Waals surface area contributed by atoms with Crippen molar-refractivity contribution in [2.75, 3.05) is 26.8 Å². The van der Waals surface area contributed by atoms with E-state index in [-0.39, 0.29) is 5.91 Å². The molecule has 1 aliphatic rings. The highest BCUT2D eigenvalue weighted by Crippen LogP contribution is 2.09. The highest BCUT2D eigenvalue weighted by Gasteiger charge is 2.19. The van der Waals surface area contributed by atoms with Crippen LogP contribution in [0.2, 0.25) is 0 Å². The molecule has 0 radical (unpaired) electrons. The summed E-state index contributed by atoms with van der Waals surface area (Å²) in [6, 6.07) is 0. The monoisotopic (exact) mass is 214 g/mol. The van der Waals surface area contributed by atoms with E-state index < -0.39 is 0 Å². The van der Waals surface area contributed by atoms with Crippen LogP contribution in [-0.4, -0.2) is 48.5 Å². The fourth-order valence-electron chi connectivity index (χ4n) is 1.64. The zero-order valence-electron chi connectivity index (χ0n) is 9.11. The largest absolute Gasteiger partial charge is 0.411 e. The molecular weight excluding hydrogens is 196 g/mol. The van der Waals surface area contributed by atoms with Crippen LogP contribution in [-0.2, 0) is 9.53 Å². The minimum atomic E-state index is 0.170. The lowest BCUT2D eigenvalue weighted by Gasteiger charge is -2.27. The van der Waals surface area contributed by atoms with E-state index in [1.807, 2.05) is 4.90 Å². The lowest BCUT2D eigenvalue weighted by molar-refractivity contribution is -0.131. The number of hydrogen-bond acceptors (Lipinski definition) is 4. The average Bonchev–Trinajstić information content (AvgIpc) is 2.29. The van der Waals surface area contributed by atoms with Crippen LogP contribution in [0.5, 0.6) is 0 Å². The topological polar surface area (TPSA) is 62.1 Å². The molecule has 1 fully saturated rings. The van der Waals surface area contributed by atoms with Gasteiger partial charge in [0.05, 0.1) is 5.71 Å². The summed E-state index contributed by atoms with van der Waals surface area (Å²) < 4.78 is 4.89. The van der Waals surface area contributed by atoms with Gasteiger partial charge in [0.1, 0.15) is 0 Å².